The summed E-state index contributed by atoms with van der Waals surface area (Å²) in [6.45, 7) is 5.87. The van der Waals surface area contributed by atoms with Crippen LogP contribution in [-0.4, -0.2) is 38.6 Å². The predicted octanol–water partition coefficient (Wildman–Crippen LogP) is 2.11. The number of rotatable bonds is 9. The molecule has 0 atom stereocenters. The summed E-state index contributed by atoms with van der Waals surface area (Å²) in [7, 11) is 4.28. The van der Waals surface area contributed by atoms with Crippen LogP contribution in [0.2, 0.25) is 0 Å². The van der Waals surface area contributed by atoms with Crippen molar-refractivity contribution >= 4 is 0 Å². The van der Waals surface area contributed by atoms with Crippen molar-refractivity contribution in [3.05, 3.63) is 0 Å². The Morgan fingerprint density at radius 1 is 0.923 bits per heavy atom. The molecule has 0 spiro atoms. The molecule has 0 unspecified atom stereocenters. The maximum Gasteiger partial charge on any atom is -0.00248 e. The van der Waals surface area contributed by atoms with Gasteiger partial charge >= 0.3 is 0 Å². The van der Waals surface area contributed by atoms with E-state index in [1.54, 1.807) is 0 Å². The van der Waals surface area contributed by atoms with Crippen LogP contribution in [-0.2, 0) is 0 Å². The average Bonchev–Trinajstić information content (AvgIpc) is 2.09. The van der Waals surface area contributed by atoms with E-state index in [0.29, 0.717) is 0 Å². The van der Waals surface area contributed by atoms with Crippen molar-refractivity contribution in [1.82, 2.24) is 10.2 Å². The molecule has 1 N–H and O–H groups in total. The fourth-order valence-electron chi connectivity index (χ4n) is 1.28. The first-order valence-corrected chi connectivity index (χ1v) is 5.62. The second-order valence-corrected chi connectivity index (χ2v) is 3.97. The summed E-state index contributed by atoms with van der Waals surface area (Å²) in [6, 6.07) is 0. The Hall–Kier alpha value is -0.0800. The predicted molar refractivity (Wildman–Crippen MR) is 60.2 cm³/mol. The van der Waals surface area contributed by atoms with Gasteiger partial charge in [0.1, 0.15) is 0 Å². The number of hydrogen-bond donors (Lipinski definition) is 1. The van der Waals surface area contributed by atoms with Crippen molar-refractivity contribution in [2.75, 3.05) is 33.7 Å². The van der Waals surface area contributed by atoms with E-state index in [9.17, 15) is 0 Å². The van der Waals surface area contributed by atoms with Crippen LogP contribution in [0.3, 0.4) is 0 Å². The lowest BCUT2D eigenvalue weighted by molar-refractivity contribution is 0.390. The highest BCUT2D eigenvalue weighted by molar-refractivity contribution is 4.50. The van der Waals surface area contributed by atoms with Crippen molar-refractivity contribution in [1.29, 1.82) is 0 Å². The molecule has 13 heavy (non-hydrogen) atoms. The van der Waals surface area contributed by atoms with Gasteiger partial charge in [0, 0.05) is 0 Å². The molecule has 0 aromatic heterocycles. The second kappa shape index (κ2) is 10.0. The van der Waals surface area contributed by atoms with Gasteiger partial charge in [-0.25, -0.2) is 0 Å². The van der Waals surface area contributed by atoms with Gasteiger partial charge in [-0.3, -0.25) is 0 Å². The van der Waals surface area contributed by atoms with Gasteiger partial charge in [0.25, 0.3) is 0 Å². The number of nitrogens with zero attached hydrogens (tertiary/aromatic N) is 1. The Bertz CT molecular complexity index is 92.1. The number of nitrogens with one attached hydrogen (secondary N) is 1. The van der Waals surface area contributed by atoms with Crippen LogP contribution in [0.5, 0.6) is 0 Å². The third-order valence-corrected chi connectivity index (χ3v) is 2.17. The van der Waals surface area contributed by atoms with Gasteiger partial charge in [-0.1, -0.05) is 19.8 Å². The molecule has 0 saturated carbocycles. The van der Waals surface area contributed by atoms with E-state index in [1.807, 2.05) is 0 Å². The van der Waals surface area contributed by atoms with Crippen molar-refractivity contribution < 1.29 is 0 Å². The Labute approximate surface area is 83.7 Å². The molecule has 0 bridgehead atoms. The second-order valence-electron chi connectivity index (χ2n) is 3.97. The number of unbranched alkanes of at least 4 members (excludes halogenated alkanes) is 3. The Morgan fingerprint density at radius 2 is 1.62 bits per heavy atom. The van der Waals surface area contributed by atoms with Gasteiger partial charge < -0.3 is 10.2 Å². The molecule has 0 aromatic carbocycles. The van der Waals surface area contributed by atoms with Crippen molar-refractivity contribution in [2.24, 2.45) is 0 Å². The highest BCUT2D eigenvalue weighted by Crippen LogP contribution is 1.95. The molecule has 0 radical (unpaired) electrons. The highest BCUT2D eigenvalue weighted by atomic mass is 15.0. The van der Waals surface area contributed by atoms with Gasteiger partial charge in [-0.15, -0.1) is 0 Å². The summed E-state index contributed by atoms with van der Waals surface area (Å²) in [5.74, 6) is 0. The van der Waals surface area contributed by atoms with E-state index >= 15 is 0 Å². The van der Waals surface area contributed by atoms with E-state index in [0.717, 1.165) is 0 Å². The van der Waals surface area contributed by atoms with Crippen LogP contribution >= 0.6 is 0 Å². The maximum absolute atomic E-state index is 3.46. The van der Waals surface area contributed by atoms with Gasteiger partial charge in [0.15, 0.2) is 0 Å². The molecule has 0 aliphatic rings. The molecule has 0 saturated heterocycles. The Kier molecular flexibility index (Phi) is 9.94. The summed E-state index contributed by atoms with van der Waals surface area (Å²) in [4.78, 5) is 2.25. The highest BCUT2D eigenvalue weighted by Gasteiger charge is 1.91. The lowest BCUT2D eigenvalue weighted by atomic mass is 10.2. The SMILES string of the molecule is CCCCNCCCCCN(C)C. The normalized spacial score (nSPS) is 11.1. The topological polar surface area (TPSA) is 15.3 Å². The van der Waals surface area contributed by atoms with E-state index < -0.39 is 0 Å². The molecule has 0 rings (SSSR count). The summed E-state index contributed by atoms with van der Waals surface area (Å²) < 4.78 is 0. The number of hydrogen-bond acceptors (Lipinski definition) is 2. The van der Waals surface area contributed by atoms with Crippen LogP contribution < -0.4 is 5.32 Å². The fourth-order valence-corrected chi connectivity index (χ4v) is 1.28. The molecule has 0 amide bonds. The van der Waals surface area contributed by atoms with Crippen LogP contribution in [0.4, 0.5) is 0 Å². The zero-order valence-electron chi connectivity index (χ0n) is 9.60. The molecule has 0 aromatic rings. The molecule has 0 heterocycles. The van der Waals surface area contributed by atoms with Gasteiger partial charge in [-0.2, -0.15) is 0 Å². The van der Waals surface area contributed by atoms with Crippen molar-refractivity contribution in [2.45, 2.75) is 39.0 Å². The molecular weight excluding hydrogens is 160 g/mol. The van der Waals surface area contributed by atoms with Crippen molar-refractivity contribution in [3.63, 3.8) is 0 Å². The fraction of sp³-hybridized carbons (Fsp3) is 1.00. The molecule has 80 valence electrons. The van der Waals surface area contributed by atoms with E-state index in [-0.39, 0.29) is 0 Å². The summed E-state index contributed by atoms with van der Waals surface area (Å²) in [6.07, 6.45) is 6.64. The molecule has 0 aliphatic heterocycles. The minimum Gasteiger partial charge on any atom is -0.317 e. The smallest absolute Gasteiger partial charge is 0.00248 e. The first-order valence-electron chi connectivity index (χ1n) is 5.62. The summed E-state index contributed by atoms with van der Waals surface area (Å²) >= 11 is 0. The molecule has 2 nitrogen and oxygen atoms in total. The molecule has 0 fully saturated rings. The lowest BCUT2D eigenvalue weighted by Crippen LogP contribution is -2.17. The molecule has 2 heteroatoms. The van der Waals surface area contributed by atoms with E-state index in [4.69, 9.17) is 0 Å². The third kappa shape index (κ3) is 11.9. The van der Waals surface area contributed by atoms with Crippen LogP contribution in [0.1, 0.15) is 39.0 Å². The molecular formula is C11H26N2. The monoisotopic (exact) mass is 186 g/mol. The quantitative estimate of drug-likeness (QED) is 0.555. The average molecular weight is 186 g/mol. The minimum absolute atomic E-state index is 1.20. The lowest BCUT2D eigenvalue weighted by Gasteiger charge is -2.08. The van der Waals surface area contributed by atoms with Crippen LogP contribution in [0.15, 0.2) is 0 Å². The largest absolute Gasteiger partial charge is 0.317 e. The van der Waals surface area contributed by atoms with Gasteiger partial charge in [-0.05, 0) is 53.0 Å². The summed E-state index contributed by atoms with van der Waals surface area (Å²) in [5.41, 5.74) is 0. The van der Waals surface area contributed by atoms with E-state index in [2.05, 4.69) is 31.2 Å². The van der Waals surface area contributed by atoms with Crippen LogP contribution in [0, 0.1) is 0 Å². The Morgan fingerprint density at radius 3 is 2.23 bits per heavy atom. The first-order chi connectivity index (χ1) is 6.27. The Balaban J connectivity index is 2.84. The molecule has 0 aliphatic carbocycles. The van der Waals surface area contributed by atoms with Gasteiger partial charge in [0.2, 0.25) is 0 Å². The first kappa shape index (κ1) is 12.9. The van der Waals surface area contributed by atoms with Crippen LogP contribution in [0.25, 0.3) is 0 Å². The minimum atomic E-state index is 1.20. The standard InChI is InChI=1S/C11H26N2/c1-4-5-9-12-10-7-6-8-11-13(2)3/h12H,4-11H2,1-3H3. The zero-order valence-corrected chi connectivity index (χ0v) is 9.60. The van der Waals surface area contributed by atoms with Gasteiger partial charge in [0.05, 0.1) is 0 Å². The summed E-state index contributed by atoms with van der Waals surface area (Å²) in [5, 5.41) is 3.46. The zero-order chi connectivity index (χ0) is 9.94. The van der Waals surface area contributed by atoms with Crippen molar-refractivity contribution in [3.8, 4) is 0 Å². The maximum atomic E-state index is 3.46. The van der Waals surface area contributed by atoms with E-state index in [1.165, 1.54) is 51.7 Å². The third-order valence-electron chi connectivity index (χ3n) is 2.17.